The molecular weight excluding hydrogens is 401 g/mol. The Morgan fingerprint density at radius 2 is 1.71 bits per heavy atom. The third-order valence-corrected chi connectivity index (χ3v) is 4.07. The van der Waals surface area contributed by atoms with E-state index in [2.05, 4.69) is 5.32 Å². The number of anilines is 1. The molecule has 28 heavy (non-hydrogen) atoms. The Balaban J connectivity index is 1.78. The molecule has 0 aliphatic carbocycles. The van der Waals surface area contributed by atoms with Crippen LogP contribution in [0.15, 0.2) is 77.4 Å². The van der Waals surface area contributed by atoms with E-state index in [4.69, 9.17) is 32.4 Å². The Bertz CT molecular complexity index is 965. The normalized spacial score (nSPS) is 11.9. The number of halogens is 2. The Labute approximate surface area is 171 Å². The quantitative estimate of drug-likeness (QED) is 0.424. The lowest BCUT2D eigenvalue weighted by atomic mass is 10.1. The second-order valence-electron chi connectivity index (χ2n) is 5.72. The van der Waals surface area contributed by atoms with E-state index in [0.29, 0.717) is 27.1 Å². The van der Waals surface area contributed by atoms with Crippen LogP contribution < -0.4 is 5.32 Å². The number of hydrogen-bond donors (Lipinski definition) is 1. The lowest BCUT2D eigenvalue weighted by molar-refractivity contribution is -0.149. The van der Waals surface area contributed by atoms with Crippen LogP contribution in [-0.2, 0) is 14.3 Å². The van der Waals surface area contributed by atoms with E-state index in [-0.39, 0.29) is 0 Å². The average Bonchev–Trinajstić information content (AvgIpc) is 3.18. The van der Waals surface area contributed by atoms with Crippen molar-refractivity contribution in [1.82, 2.24) is 0 Å². The van der Waals surface area contributed by atoms with Crippen molar-refractivity contribution in [3.63, 3.8) is 0 Å². The molecule has 0 spiro atoms. The molecule has 0 aliphatic heterocycles. The van der Waals surface area contributed by atoms with Gasteiger partial charge in [0.15, 0.2) is 0 Å². The molecule has 0 bridgehead atoms. The van der Waals surface area contributed by atoms with Gasteiger partial charge in [0.05, 0.1) is 6.26 Å². The minimum atomic E-state index is -1.16. The number of nitrogens with one attached hydrogen (secondary N) is 1. The summed E-state index contributed by atoms with van der Waals surface area (Å²) >= 11 is 11.9. The van der Waals surface area contributed by atoms with Gasteiger partial charge in [-0.15, -0.1) is 0 Å². The van der Waals surface area contributed by atoms with Gasteiger partial charge in [0.2, 0.25) is 6.10 Å². The molecule has 2 aromatic carbocycles. The number of carbonyl (C=O) groups excluding carboxylic acids is 2. The highest BCUT2D eigenvalue weighted by Crippen LogP contribution is 2.25. The fourth-order valence-corrected chi connectivity index (χ4v) is 2.95. The van der Waals surface area contributed by atoms with Crippen LogP contribution in [0.3, 0.4) is 0 Å². The fraction of sp³-hybridized carbons (Fsp3) is 0.0476. The molecule has 1 amide bonds. The number of amides is 1. The van der Waals surface area contributed by atoms with Crippen LogP contribution in [0.5, 0.6) is 0 Å². The summed E-state index contributed by atoms with van der Waals surface area (Å²) in [5.74, 6) is -0.736. The van der Waals surface area contributed by atoms with E-state index in [1.54, 1.807) is 60.7 Å². The number of rotatable bonds is 6. The summed E-state index contributed by atoms with van der Waals surface area (Å²) in [6.45, 7) is 0. The van der Waals surface area contributed by atoms with Crippen LogP contribution in [0.25, 0.3) is 6.08 Å². The standard InChI is InChI=1S/C21H15Cl2NO4/c22-15-11-16(23)13-17(12-15)24-21(26)20(14-5-2-1-3-6-14)28-19(25)9-8-18-7-4-10-27-18/h1-13,20H,(H,24,26)/b9-8+/t20-/m1/s1. The van der Waals surface area contributed by atoms with Crippen LogP contribution >= 0.6 is 23.2 Å². The molecule has 0 radical (unpaired) electrons. The van der Waals surface area contributed by atoms with Crippen molar-refractivity contribution in [3.05, 3.63) is 94.4 Å². The van der Waals surface area contributed by atoms with E-state index < -0.39 is 18.0 Å². The van der Waals surface area contributed by atoms with Gasteiger partial charge in [0.1, 0.15) is 5.76 Å². The fourth-order valence-electron chi connectivity index (χ4n) is 2.43. The first-order valence-corrected chi connectivity index (χ1v) is 9.01. The maximum Gasteiger partial charge on any atom is 0.332 e. The zero-order valence-corrected chi connectivity index (χ0v) is 16.0. The van der Waals surface area contributed by atoms with Gasteiger partial charge in [-0.2, -0.15) is 0 Å². The van der Waals surface area contributed by atoms with Crippen molar-refractivity contribution in [2.24, 2.45) is 0 Å². The molecule has 0 fully saturated rings. The molecule has 1 heterocycles. The number of benzene rings is 2. The zero-order valence-electron chi connectivity index (χ0n) is 14.5. The van der Waals surface area contributed by atoms with Gasteiger partial charge < -0.3 is 14.5 Å². The lowest BCUT2D eigenvalue weighted by Crippen LogP contribution is -2.25. The molecule has 5 nitrogen and oxygen atoms in total. The number of carbonyl (C=O) groups is 2. The summed E-state index contributed by atoms with van der Waals surface area (Å²) in [5.41, 5.74) is 0.915. The second kappa shape index (κ2) is 9.26. The van der Waals surface area contributed by atoms with Crippen LogP contribution in [0.2, 0.25) is 10.0 Å². The Kier molecular flexibility index (Phi) is 6.53. The van der Waals surface area contributed by atoms with Crippen molar-refractivity contribution in [2.75, 3.05) is 5.32 Å². The molecule has 0 aliphatic rings. The van der Waals surface area contributed by atoms with Crippen molar-refractivity contribution in [2.45, 2.75) is 6.10 Å². The smallest absolute Gasteiger partial charge is 0.332 e. The molecule has 0 saturated carbocycles. The molecule has 142 valence electrons. The molecule has 3 aromatic rings. The summed E-state index contributed by atoms with van der Waals surface area (Å²) in [5, 5.41) is 3.41. The van der Waals surface area contributed by atoms with Gasteiger partial charge in [-0.05, 0) is 36.4 Å². The molecule has 7 heteroatoms. The maximum absolute atomic E-state index is 12.8. The number of esters is 1. The van der Waals surface area contributed by atoms with Crippen molar-refractivity contribution in [1.29, 1.82) is 0 Å². The van der Waals surface area contributed by atoms with E-state index in [1.165, 1.54) is 18.4 Å². The largest absolute Gasteiger partial charge is 0.465 e. The highest BCUT2D eigenvalue weighted by molar-refractivity contribution is 6.35. The Hall–Kier alpha value is -3.02. The minimum Gasteiger partial charge on any atom is -0.465 e. The van der Waals surface area contributed by atoms with Crippen molar-refractivity contribution in [3.8, 4) is 0 Å². The molecule has 1 N–H and O–H groups in total. The van der Waals surface area contributed by atoms with Gasteiger partial charge in [0, 0.05) is 27.4 Å². The predicted octanol–water partition coefficient (Wildman–Crippen LogP) is 5.52. The van der Waals surface area contributed by atoms with Crippen molar-refractivity contribution < 1.29 is 18.7 Å². The molecule has 3 rings (SSSR count). The highest BCUT2D eigenvalue weighted by atomic mass is 35.5. The van der Waals surface area contributed by atoms with Gasteiger partial charge in [0.25, 0.3) is 5.91 Å². The first kappa shape index (κ1) is 19.7. The lowest BCUT2D eigenvalue weighted by Gasteiger charge is -2.17. The van der Waals surface area contributed by atoms with Gasteiger partial charge in [-0.3, -0.25) is 4.79 Å². The summed E-state index contributed by atoms with van der Waals surface area (Å²) in [7, 11) is 0. The third kappa shape index (κ3) is 5.49. The van der Waals surface area contributed by atoms with E-state index >= 15 is 0 Å². The Morgan fingerprint density at radius 1 is 1.00 bits per heavy atom. The van der Waals surface area contributed by atoms with Crippen molar-refractivity contribution >= 4 is 46.8 Å². The van der Waals surface area contributed by atoms with Crippen LogP contribution in [-0.4, -0.2) is 11.9 Å². The number of hydrogen-bond acceptors (Lipinski definition) is 4. The second-order valence-corrected chi connectivity index (χ2v) is 6.60. The molecule has 1 aromatic heterocycles. The zero-order chi connectivity index (χ0) is 19.9. The first-order valence-electron chi connectivity index (χ1n) is 8.25. The summed E-state index contributed by atoms with van der Waals surface area (Å²) in [6, 6.07) is 16.7. The SMILES string of the molecule is O=C(/C=C/c1ccco1)O[C@@H](C(=O)Nc1cc(Cl)cc(Cl)c1)c1ccccc1. The molecular formula is C21H15Cl2NO4. The number of furan rings is 1. The van der Waals surface area contributed by atoms with E-state index in [1.807, 2.05) is 0 Å². The highest BCUT2D eigenvalue weighted by Gasteiger charge is 2.24. The summed E-state index contributed by atoms with van der Waals surface area (Å²) in [6.07, 6.45) is 2.98. The van der Waals surface area contributed by atoms with Gasteiger partial charge in [-0.25, -0.2) is 4.79 Å². The molecule has 1 atom stereocenters. The maximum atomic E-state index is 12.8. The van der Waals surface area contributed by atoms with Gasteiger partial charge in [-0.1, -0.05) is 53.5 Å². The predicted molar refractivity (Wildman–Crippen MR) is 108 cm³/mol. The van der Waals surface area contributed by atoms with E-state index in [0.717, 1.165) is 0 Å². The molecule has 0 saturated heterocycles. The monoisotopic (exact) mass is 415 g/mol. The van der Waals surface area contributed by atoms with Gasteiger partial charge >= 0.3 is 5.97 Å². The minimum absolute atomic E-state index is 0.373. The summed E-state index contributed by atoms with van der Waals surface area (Å²) < 4.78 is 10.5. The number of ether oxygens (including phenoxy) is 1. The first-order chi connectivity index (χ1) is 13.5. The van der Waals surface area contributed by atoms with E-state index in [9.17, 15) is 9.59 Å². The Morgan fingerprint density at radius 3 is 2.36 bits per heavy atom. The topological polar surface area (TPSA) is 68.5 Å². The van der Waals surface area contributed by atoms with Crippen LogP contribution in [0.4, 0.5) is 5.69 Å². The summed E-state index contributed by atoms with van der Waals surface area (Å²) in [4.78, 5) is 25.0. The van der Waals surface area contributed by atoms with Crippen LogP contribution in [0, 0.1) is 0 Å². The molecule has 0 unspecified atom stereocenters. The average molecular weight is 416 g/mol. The third-order valence-electron chi connectivity index (χ3n) is 3.63. The van der Waals surface area contributed by atoms with Crippen LogP contribution in [0.1, 0.15) is 17.4 Å².